The number of alkyl halides is 3. The Morgan fingerprint density at radius 1 is 1.41 bits per heavy atom. The molecule has 0 fully saturated rings. The van der Waals surface area contributed by atoms with Crippen LogP contribution in [0.4, 0.5) is 13.2 Å². The summed E-state index contributed by atoms with van der Waals surface area (Å²) in [7, 11) is 0. The molecule has 0 aromatic heterocycles. The lowest BCUT2D eigenvalue weighted by molar-refractivity contribution is -0.132. The molecular formula is C11H12F3NO2. The first-order chi connectivity index (χ1) is 7.79. The first-order valence-corrected chi connectivity index (χ1v) is 4.94. The zero-order valence-electron chi connectivity index (χ0n) is 9.14. The second-order valence-electron chi connectivity index (χ2n) is 3.62. The first-order valence-electron chi connectivity index (χ1n) is 4.94. The fourth-order valence-electron chi connectivity index (χ4n) is 1.17. The van der Waals surface area contributed by atoms with Gasteiger partial charge in [-0.1, -0.05) is 6.07 Å². The number of aromatic hydroxyl groups is 1. The number of rotatable bonds is 3. The Kier molecular flexibility index (Phi) is 3.98. The number of halogens is 3. The van der Waals surface area contributed by atoms with Crippen molar-refractivity contribution in [1.82, 2.24) is 5.32 Å². The van der Waals surface area contributed by atoms with E-state index in [9.17, 15) is 23.1 Å². The smallest absolute Gasteiger partial charge is 0.390 e. The zero-order valence-corrected chi connectivity index (χ0v) is 9.14. The van der Waals surface area contributed by atoms with Crippen molar-refractivity contribution in [2.75, 3.05) is 6.54 Å². The predicted octanol–water partition coefficient (Wildman–Crippen LogP) is 2.38. The summed E-state index contributed by atoms with van der Waals surface area (Å²) in [5, 5.41) is 11.5. The van der Waals surface area contributed by atoms with Gasteiger partial charge in [-0.2, -0.15) is 13.2 Å². The Hall–Kier alpha value is -1.72. The van der Waals surface area contributed by atoms with Gasteiger partial charge >= 0.3 is 6.18 Å². The number of amides is 1. The van der Waals surface area contributed by atoms with Crippen molar-refractivity contribution in [3.05, 3.63) is 29.3 Å². The minimum absolute atomic E-state index is 0.0616. The van der Waals surface area contributed by atoms with E-state index in [1.807, 2.05) is 0 Å². The molecule has 1 aromatic carbocycles. The number of benzene rings is 1. The van der Waals surface area contributed by atoms with Gasteiger partial charge in [-0.25, -0.2) is 0 Å². The average molecular weight is 247 g/mol. The van der Waals surface area contributed by atoms with E-state index in [-0.39, 0.29) is 11.3 Å². The fourth-order valence-corrected chi connectivity index (χ4v) is 1.17. The van der Waals surface area contributed by atoms with Gasteiger partial charge in [-0.3, -0.25) is 4.79 Å². The highest BCUT2D eigenvalue weighted by Gasteiger charge is 2.26. The Bertz CT molecular complexity index is 416. The van der Waals surface area contributed by atoms with Crippen LogP contribution >= 0.6 is 0 Å². The summed E-state index contributed by atoms with van der Waals surface area (Å²) < 4.78 is 35.5. The number of carbonyl (C=O) groups is 1. The minimum atomic E-state index is -4.29. The van der Waals surface area contributed by atoms with Crippen molar-refractivity contribution in [2.24, 2.45) is 0 Å². The number of carbonyl (C=O) groups excluding carboxylic acids is 1. The summed E-state index contributed by atoms with van der Waals surface area (Å²) in [5.74, 6) is -0.696. The minimum Gasteiger partial charge on any atom is -0.508 e. The Morgan fingerprint density at radius 2 is 2.06 bits per heavy atom. The van der Waals surface area contributed by atoms with Crippen molar-refractivity contribution in [2.45, 2.75) is 19.5 Å². The van der Waals surface area contributed by atoms with Gasteiger partial charge in [0.15, 0.2) is 0 Å². The maximum atomic E-state index is 11.8. The van der Waals surface area contributed by atoms with E-state index >= 15 is 0 Å². The van der Waals surface area contributed by atoms with Crippen LogP contribution in [-0.4, -0.2) is 23.7 Å². The summed E-state index contributed by atoms with van der Waals surface area (Å²) in [4.78, 5) is 11.4. The maximum Gasteiger partial charge on any atom is 0.390 e. The molecule has 3 nitrogen and oxygen atoms in total. The highest BCUT2D eigenvalue weighted by Crippen LogP contribution is 2.19. The summed E-state index contributed by atoms with van der Waals surface area (Å²) in [5.41, 5.74) is 0.729. The molecule has 0 aliphatic heterocycles. The second kappa shape index (κ2) is 5.07. The van der Waals surface area contributed by atoms with Crippen molar-refractivity contribution >= 4 is 5.91 Å². The third-order valence-corrected chi connectivity index (χ3v) is 2.17. The lowest BCUT2D eigenvalue weighted by Gasteiger charge is -2.08. The normalized spacial score (nSPS) is 11.3. The molecule has 0 spiro atoms. The summed E-state index contributed by atoms with van der Waals surface area (Å²) in [6, 6.07) is 4.18. The first kappa shape index (κ1) is 13.3. The largest absolute Gasteiger partial charge is 0.508 e. The molecular weight excluding hydrogens is 235 g/mol. The number of phenolic OH excluding ortho intramolecular Hbond substituents is 1. The van der Waals surface area contributed by atoms with Crippen LogP contribution < -0.4 is 5.32 Å². The quantitative estimate of drug-likeness (QED) is 0.861. The molecule has 1 rings (SSSR count). The van der Waals surface area contributed by atoms with Gasteiger partial charge in [0.2, 0.25) is 0 Å². The van der Waals surface area contributed by atoms with Gasteiger partial charge in [0.05, 0.1) is 6.42 Å². The van der Waals surface area contributed by atoms with E-state index < -0.39 is 25.0 Å². The van der Waals surface area contributed by atoms with Gasteiger partial charge < -0.3 is 10.4 Å². The monoisotopic (exact) mass is 247 g/mol. The number of hydrogen-bond donors (Lipinski definition) is 2. The molecule has 6 heteroatoms. The van der Waals surface area contributed by atoms with Crippen molar-refractivity contribution < 1.29 is 23.1 Å². The summed E-state index contributed by atoms with van der Waals surface area (Å²) in [6.45, 7) is 1.18. The van der Waals surface area contributed by atoms with Crippen LogP contribution in [0.15, 0.2) is 18.2 Å². The van der Waals surface area contributed by atoms with E-state index in [0.29, 0.717) is 5.56 Å². The number of aryl methyl sites for hydroxylation is 1. The average Bonchev–Trinajstić information content (AvgIpc) is 2.20. The molecule has 0 aliphatic carbocycles. The molecule has 0 bridgehead atoms. The van der Waals surface area contributed by atoms with Crippen LogP contribution in [0.25, 0.3) is 0 Å². The highest BCUT2D eigenvalue weighted by molar-refractivity contribution is 5.94. The summed E-state index contributed by atoms with van der Waals surface area (Å²) >= 11 is 0. The Labute approximate surface area is 96.3 Å². The molecule has 1 amide bonds. The molecule has 0 heterocycles. The van der Waals surface area contributed by atoms with Gasteiger partial charge in [0.1, 0.15) is 5.75 Å². The second-order valence-corrected chi connectivity index (χ2v) is 3.62. The van der Waals surface area contributed by atoms with Gasteiger partial charge in [-0.15, -0.1) is 0 Å². The van der Waals surface area contributed by atoms with Crippen LogP contribution in [0, 0.1) is 6.92 Å². The standard InChI is InChI=1S/C11H12F3NO2/c1-7-2-3-8(6-9(7)16)10(17)15-5-4-11(12,13)14/h2-3,6,16H,4-5H2,1H3,(H,15,17). The van der Waals surface area contributed by atoms with Crippen molar-refractivity contribution in [3.8, 4) is 5.75 Å². The van der Waals surface area contributed by atoms with Gasteiger partial charge in [-0.05, 0) is 24.6 Å². The predicted molar refractivity (Wildman–Crippen MR) is 55.8 cm³/mol. The van der Waals surface area contributed by atoms with E-state index in [4.69, 9.17) is 0 Å². The summed E-state index contributed by atoms with van der Waals surface area (Å²) in [6.07, 6.45) is -5.36. The van der Waals surface area contributed by atoms with Crippen molar-refractivity contribution in [3.63, 3.8) is 0 Å². The molecule has 0 saturated heterocycles. The molecule has 0 radical (unpaired) electrons. The Morgan fingerprint density at radius 3 is 2.59 bits per heavy atom. The SMILES string of the molecule is Cc1ccc(C(=O)NCCC(F)(F)F)cc1O. The van der Waals surface area contributed by atoms with E-state index in [1.54, 1.807) is 6.92 Å². The number of phenols is 1. The van der Waals surface area contributed by atoms with E-state index in [2.05, 4.69) is 5.32 Å². The number of nitrogens with one attached hydrogen (secondary N) is 1. The lowest BCUT2D eigenvalue weighted by atomic mass is 10.1. The number of hydrogen-bond acceptors (Lipinski definition) is 2. The topological polar surface area (TPSA) is 49.3 Å². The van der Waals surface area contributed by atoms with Gasteiger partial charge in [0, 0.05) is 12.1 Å². The van der Waals surface area contributed by atoms with E-state index in [1.165, 1.54) is 18.2 Å². The third-order valence-electron chi connectivity index (χ3n) is 2.17. The third kappa shape index (κ3) is 4.34. The molecule has 17 heavy (non-hydrogen) atoms. The van der Waals surface area contributed by atoms with Gasteiger partial charge in [0.25, 0.3) is 5.91 Å². The molecule has 1 aromatic rings. The van der Waals surface area contributed by atoms with Crippen LogP contribution in [0.1, 0.15) is 22.3 Å². The highest BCUT2D eigenvalue weighted by atomic mass is 19.4. The molecule has 0 saturated carbocycles. The van der Waals surface area contributed by atoms with Crippen LogP contribution in [0.5, 0.6) is 5.75 Å². The van der Waals surface area contributed by atoms with Crippen LogP contribution in [-0.2, 0) is 0 Å². The van der Waals surface area contributed by atoms with E-state index in [0.717, 1.165) is 0 Å². The zero-order chi connectivity index (χ0) is 13.1. The van der Waals surface area contributed by atoms with Crippen LogP contribution in [0.2, 0.25) is 0 Å². The lowest BCUT2D eigenvalue weighted by Crippen LogP contribution is -2.27. The molecule has 94 valence electrons. The van der Waals surface area contributed by atoms with Crippen molar-refractivity contribution in [1.29, 1.82) is 0 Å². The molecule has 0 unspecified atom stereocenters. The molecule has 0 aliphatic rings. The van der Waals surface area contributed by atoms with Crippen LogP contribution in [0.3, 0.4) is 0 Å². The fraction of sp³-hybridized carbons (Fsp3) is 0.364. The molecule has 0 atom stereocenters. The Balaban J connectivity index is 2.56. The molecule has 2 N–H and O–H groups in total. The maximum absolute atomic E-state index is 11.8.